The molecule has 0 aromatic carbocycles. The molecule has 0 bridgehead atoms. The van der Waals surface area contributed by atoms with Gasteiger partial charge >= 0.3 is 0 Å². The average molecular weight is 162 g/mol. The van der Waals surface area contributed by atoms with Crippen LogP contribution in [0.15, 0.2) is 0 Å². The molecule has 0 aromatic rings. The summed E-state index contributed by atoms with van der Waals surface area (Å²) in [6, 6.07) is 0. The second-order valence-corrected chi connectivity index (χ2v) is 4.14. The number of rotatable bonds is 4. The van der Waals surface area contributed by atoms with Gasteiger partial charge in [0.25, 0.3) is 0 Å². The van der Waals surface area contributed by atoms with Crippen molar-refractivity contribution in [1.29, 1.82) is 0 Å². The van der Waals surface area contributed by atoms with E-state index in [9.17, 15) is 0 Å². The third kappa shape index (κ3) is 8.14. The van der Waals surface area contributed by atoms with E-state index in [0.29, 0.717) is 0 Å². The van der Waals surface area contributed by atoms with Gasteiger partial charge in [-0.2, -0.15) is 0 Å². The van der Waals surface area contributed by atoms with Gasteiger partial charge in [0.1, 0.15) is 0 Å². The summed E-state index contributed by atoms with van der Waals surface area (Å²) >= 11 is 0. The van der Waals surface area contributed by atoms with Gasteiger partial charge in [-0.15, -0.1) is 0 Å². The summed E-state index contributed by atoms with van der Waals surface area (Å²) in [7, 11) is -0.230. The van der Waals surface area contributed by atoms with E-state index in [1.165, 1.54) is 0 Å². The molecule has 2 nitrogen and oxygen atoms in total. The van der Waals surface area contributed by atoms with E-state index in [4.69, 9.17) is 9.16 Å². The van der Waals surface area contributed by atoms with Crippen molar-refractivity contribution in [3.05, 3.63) is 0 Å². The first kappa shape index (κ1) is 10.1. The molecule has 10 heavy (non-hydrogen) atoms. The van der Waals surface area contributed by atoms with Gasteiger partial charge in [0.15, 0.2) is 9.76 Å². The summed E-state index contributed by atoms with van der Waals surface area (Å²) in [6.07, 6.45) is 0. The van der Waals surface area contributed by atoms with Crippen molar-refractivity contribution >= 4 is 9.76 Å². The Kier molecular flexibility index (Phi) is 4.94. The summed E-state index contributed by atoms with van der Waals surface area (Å²) in [4.78, 5) is 0. The fourth-order valence-electron chi connectivity index (χ4n) is 0.551. The Balaban J connectivity index is 3.04. The zero-order valence-electron chi connectivity index (χ0n) is 7.44. The normalized spacial score (nSPS) is 13.2. The van der Waals surface area contributed by atoms with Crippen molar-refractivity contribution in [1.82, 2.24) is 0 Å². The minimum Gasteiger partial charge on any atom is -0.422 e. The summed E-state index contributed by atoms with van der Waals surface area (Å²) in [5.74, 6) is 0. The van der Waals surface area contributed by atoms with E-state index in [1.807, 2.05) is 0 Å². The molecule has 62 valence electrons. The predicted octanol–water partition coefficient (Wildman–Crippen LogP) is 0.950. The van der Waals surface area contributed by atoms with Crippen molar-refractivity contribution < 1.29 is 9.16 Å². The molecule has 0 spiro atoms. The SMILES string of the molecule is C[SiH2]OCCOC(C)(C)C. The molecule has 0 atom stereocenters. The Morgan fingerprint density at radius 3 is 2.20 bits per heavy atom. The fraction of sp³-hybridized carbons (Fsp3) is 1.00. The molecule has 0 N–H and O–H groups in total. The lowest BCUT2D eigenvalue weighted by atomic mass is 10.2. The minimum absolute atomic E-state index is 0.0152. The first-order valence-corrected chi connectivity index (χ1v) is 5.77. The summed E-state index contributed by atoms with van der Waals surface area (Å²) in [6.45, 7) is 9.77. The summed E-state index contributed by atoms with van der Waals surface area (Å²) in [5, 5.41) is 0. The molecule has 0 saturated heterocycles. The number of ether oxygens (including phenoxy) is 1. The smallest absolute Gasteiger partial charge is 0.158 e. The fourth-order valence-corrected chi connectivity index (χ4v) is 0.958. The highest BCUT2D eigenvalue weighted by Gasteiger charge is 2.08. The zero-order valence-corrected chi connectivity index (χ0v) is 8.85. The van der Waals surface area contributed by atoms with Crippen LogP contribution in [0.4, 0.5) is 0 Å². The Labute approximate surface area is 65.9 Å². The van der Waals surface area contributed by atoms with E-state index < -0.39 is 0 Å². The Morgan fingerprint density at radius 1 is 1.20 bits per heavy atom. The van der Waals surface area contributed by atoms with Crippen LogP contribution in [-0.2, 0) is 9.16 Å². The molecule has 0 amide bonds. The molecule has 0 heterocycles. The molecule has 0 aliphatic heterocycles. The number of hydrogen-bond acceptors (Lipinski definition) is 2. The second kappa shape index (κ2) is 4.88. The molecular formula is C7H18O2Si. The van der Waals surface area contributed by atoms with E-state index in [0.717, 1.165) is 13.2 Å². The maximum absolute atomic E-state index is 5.43. The van der Waals surface area contributed by atoms with Crippen LogP contribution in [0.5, 0.6) is 0 Å². The van der Waals surface area contributed by atoms with Gasteiger partial charge in [0, 0.05) is 0 Å². The van der Waals surface area contributed by atoms with Crippen LogP contribution in [0.3, 0.4) is 0 Å². The largest absolute Gasteiger partial charge is 0.422 e. The van der Waals surface area contributed by atoms with Crippen LogP contribution in [0.2, 0.25) is 6.55 Å². The van der Waals surface area contributed by atoms with Gasteiger partial charge < -0.3 is 9.16 Å². The highest BCUT2D eigenvalue weighted by Crippen LogP contribution is 2.05. The lowest BCUT2D eigenvalue weighted by Gasteiger charge is -2.19. The zero-order chi connectivity index (χ0) is 8.04. The average Bonchev–Trinajstić information content (AvgIpc) is 1.78. The minimum atomic E-state index is -0.230. The first-order chi connectivity index (χ1) is 4.56. The van der Waals surface area contributed by atoms with Crippen LogP contribution in [0, 0.1) is 0 Å². The van der Waals surface area contributed by atoms with E-state index in [2.05, 4.69) is 27.3 Å². The second-order valence-electron chi connectivity index (χ2n) is 3.16. The predicted molar refractivity (Wildman–Crippen MR) is 46.1 cm³/mol. The summed E-state index contributed by atoms with van der Waals surface area (Å²) in [5.41, 5.74) is -0.0152. The molecule has 0 aliphatic carbocycles. The lowest BCUT2D eigenvalue weighted by molar-refractivity contribution is -0.0159. The maximum Gasteiger partial charge on any atom is 0.158 e. The molecule has 0 aliphatic rings. The van der Waals surface area contributed by atoms with Gasteiger partial charge in [0.05, 0.1) is 18.8 Å². The molecule has 0 aromatic heterocycles. The Hall–Kier alpha value is 0.137. The Bertz CT molecular complexity index is 78.2. The van der Waals surface area contributed by atoms with Crippen LogP contribution < -0.4 is 0 Å². The standard InChI is InChI=1S/C7H18O2Si/c1-7(2,3)8-5-6-9-10-4/h5-6,10H2,1-4H3. The van der Waals surface area contributed by atoms with Crippen LogP contribution >= 0.6 is 0 Å². The summed E-state index contributed by atoms with van der Waals surface area (Å²) < 4.78 is 10.7. The first-order valence-electron chi connectivity index (χ1n) is 3.78. The van der Waals surface area contributed by atoms with E-state index in [-0.39, 0.29) is 15.4 Å². The molecule has 0 unspecified atom stereocenters. The molecule has 0 fully saturated rings. The maximum atomic E-state index is 5.43. The Morgan fingerprint density at radius 2 is 1.80 bits per heavy atom. The van der Waals surface area contributed by atoms with Gasteiger partial charge in [-0.3, -0.25) is 0 Å². The van der Waals surface area contributed by atoms with Crippen LogP contribution in [0.25, 0.3) is 0 Å². The molecule has 3 heteroatoms. The lowest BCUT2D eigenvalue weighted by Crippen LogP contribution is -2.21. The third-order valence-corrected chi connectivity index (χ3v) is 1.66. The molecular weight excluding hydrogens is 144 g/mol. The van der Waals surface area contributed by atoms with E-state index >= 15 is 0 Å². The molecule has 0 saturated carbocycles. The monoisotopic (exact) mass is 162 g/mol. The van der Waals surface area contributed by atoms with Crippen molar-refractivity contribution in [3.8, 4) is 0 Å². The van der Waals surface area contributed by atoms with Gasteiger partial charge in [-0.25, -0.2) is 0 Å². The van der Waals surface area contributed by atoms with Gasteiger partial charge in [-0.05, 0) is 20.8 Å². The highest BCUT2D eigenvalue weighted by molar-refractivity contribution is 6.24. The topological polar surface area (TPSA) is 18.5 Å². The highest BCUT2D eigenvalue weighted by atomic mass is 28.2. The van der Waals surface area contributed by atoms with E-state index in [1.54, 1.807) is 0 Å². The van der Waals surface area contributed by atoms with Crippen molar-refractivity contribution in [2.75, 3.05) is 13.2 Å². The molecule has 0 radical (unpaired) electrons. The third-order valence-electron chi connectivity index (χ3n) is 0.967. The van der Waals surface area contributed by atoms with Crippen molar-refractivity contribution in [2.45, 2.75) is 32.9 Å². The number of hydrogen-bond donors (Lipinski definition) is 0. The molecule has 0 rings (SSSR count). The quantitative estimate of drug-likeness (QED) is 0.452. The van der Waals surface area contributed by atoms with Crippen LogP contribution in [-0.4, -0.2) is 28.6 Å². The van der Waals surface area contributed by atoms with Gasteiger partial charge in [0.2, 0.25) is 0 Å². The van der Waals surface area contributed by atoms with Gasteiger partial charge in [-0.1, -0.05) is 6.55 Å². The van der Waals surface area contributed by atoms with Crippen molar-refractivity contribution in [2.24, 2.45) is 0 Å². The van der Waals surface area contributed by atoms with Crippen molar-refractivity contribution in [3.63, 3.8) is 0 Å². The van der Waals surface area contributed by atoms with Crippen LogP contribution in [0.1, 0.15) is 20.8 Å².